The number of morpholine rings is 1. The van der Waals surface area contributed by atoms with Crippen LogP contribution in [0.4, 0.5) is 10.5 Å². The zero-order valence-electron chi connectivity index (χ0n) is 15.7. The second-order valence-electron chi connectivity index (χ2n) is 7.35. The van der Waals surface area contributed by atoms with Crippen molar-refractivity contribution in [3.8, 4) is 0 Å². The molecule has 0 radical (unpaired) electrons. The summed E-state index contributed by atoms with van der Waals surface area (Å²) in [6.45, 7) is 4.96. The van der Waals surface area contributed by atoms with Gasteiger partial charge in [0, 0.05) is 36.4 Å². The molecule has 1 aromatic carbocycles. The number of anilines is 1. The number of nitrogens with one attached hydrogen (secondary N) is 1. The van der Waals surface area contributed by atoms with Gasteiger partial charge in [-0.3, -0.25) is 0 Å². The highest BCUT2D eigenvalue weighted by atomic mass is 35.5. The Balaban J connectivity index is 1.49. The molecule has 7 heteroatoms. The number of likely N-dealkylation sites (N-methyl/N-ethyl adjacent to an activating group) is 1. The van der Waals surface area contributed by atoms with Crippen molar-refractivity contribution in [1.29, 1.82) is 0 Å². The van der Waals surface area contributed by atoms with E-state index in [4.69, 9.17) is 16.3 Å². The number of piperidine rings is 1. The van der Waals surface area contributed by atoms with Gasteiger partial charge < -0.3 is 24.8 Å². The number of carbonyl (C=O) groups is 1. The normalized spacial score (nSPS) is 22.6. The predicted molar refractivity (Wildman–Crippen MR) is 105 cm³/mol. The number of amides is 2. The fourth-order valence-electron chi connectivity index (χ4n) is 3.69. The van der Waals surface area contributed by atoms with Crippen molar-refractivity contribution < 1.29 is 9.53 Å². The maximum Gasteiger partial charge on any atom is 0.322 e. The average Bonchev–Trinajstić information content (AvgIpc) is 2.62. The number of hydrogen-bond donors (Lipinski definition) is 1. The summed E-state index contributed by atoms with van der Waals surface area (Å²) in [5.74, 6) is 0. The van der Waals surface area contributed by atoms with Crippen LogP contribution in [0.3, 0.4) is 0 Å². The molecule has 0 spiro atoms. The van der Waals surface area contributed by atoms with Gasteiger partial charge in [0.05, 0.1) is 12.7 Å². The minimum Gasteiger partial charge on any atom is -0.373 e. The summed E-state index contributed by atoms with van der Waals surface area (Å²) >= 11 is 5.98. The molecule has 144 valence electrons. The third-order valence-electron chi connectivity index (χ3n) is 5.30. The van der Waals surface area contributed by atoms with E-state index in [1.807, 2.05) is 17.0 Å². The number of hydrogen-bond acceptors (Lipinski definition) is 4. The van der Waals surface area contributed by atoms with E-state index in [1.54, 1.807) is 12.1 Å². The number of halogens is 1. The van der Waals surface area contributed by atoms with Crippen molar-refractivity contribution >= 4 is 23.3 Å². The van der Waals surface area contributed by atoms with E-state index in [0.717, 1.165) is 19.6 Å². The summed E-state index contributed by atoms with van der Waals surface area (Å²) in [6.07, 6.45) is 2.44. The minimum atomic E-state index is -0.0949. The number of likely N-dealkylation sites (tertiary alicyclic amines) is 1. The van der Waals surface area contributed by atoms with Gasteiger partial charge in [-0.15, -0.1) is 0 Å². The Labute approximate surface area is 161 Å². The Morgan fingerprint density at radius 3 is 2.85 bits per heavy atom. The third-order valence-corrected chi connectivity index (χ3v) is 5.54. The number of nitrogens with zero attached hydrogens (tertiary/aromatic N) is 3. The number of carbonyl (C=O) groups excluding carboxylic acids is 1. The van der Waals surface area contributed by atoms with Crippen LogP contribution in [0.1, 0.15) is 12.8 Å². The molecular weight excluding hydrogens is 352 g/mol. The highest BCUT2D eigenvalue weighted by molar-refractivity contribution is 6.30. The molecular formula is C19H29ClN4O2. The van der Waals surface area contributed by atoms with E-state index in [9.17, 15) is 4.79 Å². The van der Waals surface area contributed by atoms with Crippen LogP contribution >= 0.6 is 11.6 Å². The van der Waals surface area contributed by atoms with Gasteiger partial charge in [0.1, 0.15) is 0 Å². The molecule has 0 saturated carbocycles. The molecule has 26 heavy (non-hydrogen) atoms. The first-order chi connectivity index (χ1) is 12.5. The molecule has 6 nitrogen and oxygen atoms in total. The van der Waals surface area contributed by atoms with E-state index < -0.39 is 0 Å². The molecule has 1 atom stereocenters. The third kappa shape index (κ3) is 5.33. The Bertz CT molecular complexity index is 607. The van der Waals surface area contributed by atoms with Crippen molar-refractivity contribution in [3.05, 3.63) is 29.3 Å². The summed E-state index contributed by atoms with van der Waals surface area (Å²) in [7, 11) is 4.35. The second-order valence-corrected chi connectivity index (χ2v) is 7.79. The zero-order chi connectivity index (χ0) is 18.5. The van der Waals surface area contributed by atoms with Gasteiger partial charge in [-0.2, -0.15) is 0 Å². The quantitative estimate of drug-likeness (QED) is 0.872. The van der Waals surface area contributed by atoms with Gasteiger partial charge in [-0.05, 0) is 58.2 Å². The van der Waals surface area contributed by atoms with Crippen LogP contribution in [-0.4, -0.2) is 86.3 Å². The number of ether oxygens (including phenoxy) is 1. The molecule has 0 bridgehead atoms. The van der Waals surface area contributed by atoms with E-state index in [2.05, 4.69) is 29.2 Å². The Morgan fingerprint density at radius 2 is 2.12 bits per heavy atom. The molecule has 3 rings (SSSR count). The molecule has 1 unspecified atom stereocenters. The Kier molecular flexibility index (Phi) is 6.75. The second kappa shape index (κ2) is 9.04. The molecule has 2 saturated heterocycles. The summed E-state index contributed by atoms with van der Waals surface area (Å²) < 4.78 is 5.92. The van der Waals surface area contributed by atoms with Crippen LogP contribution in [-0.2, 0) is 4.74 Å². The van der Waals surface area contributed by atoms with Gasteiger partial charge in [0.15, 0.2) is 0 Å². The first kappa shape index (κ1) is 19.4. The lowest BCUT2D eigenvalue weighted by Crippen LogP contribution is -2.52. The molecule has 2 aliphatic rings. The van der Waals surface area contributed by atoms with E-state index in [1.165, 1.54) is 12.8 Å². The van der Waals surface area contributed by atoms with Crippen molar-refractivity contribution in [2.75, 3.05) is 58.7 Å². The van der Waals surface area contributed by atoms with Crippen LogP contribution in [0.15, 0.2) is 24.3 Å². The first-order valence-electron chi connectivity index (χ1n) is 9.33. The smallest absolute Gasteiger partial charge is 0.322 e. The summed E-state index contributed by atoms with van der Waals surface area (Å²) in [4.78, 5) is 19.2. The Morgan fingerprint density at radius 1 is 1.35 bits per heavy atom. The lowest BCUT2D eigenvalue weighted by atomic mass is 10.0. The monoisotopic (exact) mass is 380 g/mol. The average molecular weight is 381 g/mol. The summed E-state index contributed by atoms with van der Waals surface area (Å²) in [5, 5.41) is 3.54. The fourth-order valence-corrected chi connectivity index (χ4v) is 3.88. The van der Waals surface area contributed by atoms with E-state index in [-0.39, 0.29) is 12.1 Å². The standard InChI is InChI=1S/C19H29ClN4O2/c1-22-8-6-17(7-9-22)23(2)13-18-14-24(10-11-26-18)19(25)21-16-5-3-4-15(20)12-16/h3-5,12,17-18H,6-11,13-14H2,1-2H3,(H,21,25). The maximum atomic E-state index is 12.5. The SMILES string of the molecule is CN1CCC(N(C)CC2CN(C(=O)Nc3cccc(Cl)c3)CCO2)CC1. The van der Waals surface area contributed by atoms with Gasteiger partial charge in [0.2, 0.25) is 0 Å². The summed E-state index contributed by atoms with van der Waals surface area (Å²) in [6, 6.07) is 7.73. The number of benzene rings is 1. The van der Waals surface area contributed by atoms with Crippen molar-refractivity contribution in [2.24, 2.45) is 0 Å². The fraction of sp³-hybridized carbons (Fsp3) is 0.632. The van der Waals surface area contributed by atoms with Crippen LogP contribution in [0.5, 0.6) is 0 Å². The lowest BCUT2D eigenvalue weighted by Gasteiger charge is -2.39. The molecule has 2 fully saturated rings. The van der Waals surface area contributed by atoms with E-state index >= 15 is 0 Å². The highest BCUT2D eigenvalue weighted by Crippen LogP contribution is 2.18. The van der Waals surface area contributed by atoms with Crippen molar-refractivity contribution in [3.63, 3.8) is 0 Å². The molecule has 2 heterocycles. The van der Waals surface area contributed by atoms with Gasteiger partial charge in [-0.25, -0.2) is 4.79 Å². The van der Waals surface area contributed by atoms with Crippen molar-refractivity contribution in [2.45, 2.75) is 25.0 Å². The topological polar surface area (TPSA) is 48.0 Å². The lowest BCUT2D eigenvalue weighted by molar-refractivity contribution is -0.0339. The van der Waals surface area contributed by atoms with Gasteiger partial charge >= 0.3 is 6.03 Å². The number of rotatable bonds is 4. The minimum absolute atomic E-state index is 0.0542. The largest absolute Gasteiger partial charge is 0.373 e. The highest BCUT2D eigenvalue weighted by Gasteiger charge is 2.28. The zero-order valence-corrected chi connectivity index (χ0v) is 16.4. The summed E-state index contributed by atoms with van der Waals surface area (Å²) in [5.41, 5.74) is 0.717. The molecule has 1 aromatic rings. The molecule has 2 aliphatic heterocycles. The molecule has 0 aliphatic carbocycles. The first-order valence-corrected chi connectivity index (χ1v) is 9.71. The van der Waals surface area contributed by atoms with E-state index in [0.29, 0.717) is 36.4 Å². The maximum absolute atomic E-state index is 12.5. The van der Waals surface area contributed by atoms with Gasteiger partial charge in [-0.1, -0.05) is 17.7 Å². The van der Waals surface area contributed by atoms with Crippen LogP contribution < -0.4 is 5.32 Å². The Hall–Kier alpha value is -1.34. The molecule has 2 amide bonds. The predicted octanol–water partition coefficient (Wildman–Crippen LogP) is 2.60. The number of urea groups is 1. The molecule has 0 aromatic heterocycles. The molecule has 1 N–H and O–H groups in total. The van der Waals surface area contributed by atoms with Crippen LogP contribution in [0.25, 0.3) is 0 Å². The van der Waals surface area contributed by atoms with Crippen molar-refractivity contribution in [1.82, 2.24) is 14.7 Å². The van der Waals surface area contributed by atoms with Gasteiger partial charge in [0.25, 0.3) is 0 Å². The van der Waals surface area contributed by atoms with Crippen LogP contribution in [0.2, 0.25) is 5.02 Å². The van der Waals surface area contributed by atoms with Crippen LogP contribution in [0, 0.1) is 0 Å².